The highest BCUT2D eigenvalue weighted by molar-refractivity contribution is 9.10. The predicted molar refractivity (Wildman–Crippen MR) is 71.0 cm³/mol. The van der Waals surface area contributed by atoms with Gasteiger partial charge in [0.1, 0.15) is 0 Å². The van der Waals surface area contributed by atoms with Gasteiger partial charge in [-0.05, 0) is 42.6 Å². The second-order valence-electron chi connectivity index (χ2n) is 4.85. The smallest absolute Gasteiger partial charge is 0.0738 e. The molecule has 0 amide bonds. The molecule has 1 fully saturated rings. The van der Waals surface area contributed by atoms with Crippen LogP contribution in [0.2, 0.25) is 0 Å². The Bertz CT molecular complexity index is 397. The first-order valence-electron chi connectivity index (χ1n) is 6.11. The molecule has 1 aromatic heterocycles. The number of halogens is 1. The van der Waals surface area contributed by atoms with Gasteiger partial charge < -0.3 is 10.5 Å². The van der Waals surface area contributed by atoms with Crippen LogP contribution in [0.4, 0.5) is 0 Å². The predicted octanol–water partition coefficient (Wildman–Crippen LogP) is 1.88. The van der Waals surface area contributed by atoms with Gasteiger partial charge in [-0.3, -0.25) is 4.68 Å². The number of hydrogen-bond acceptors (Lipinski definition) is 3. The van der Waals surface area contributed by atoms with Crippen LogP contribution in [0.3, 0.4) is 0 Å². The molecule has 0 spiro atoms. The summed E-state index contributed by atoms with van der Waals surface area (Å²) in [6.45, 7) is 7.30. The van der Waals surface area contributed by atoms with Crippen LogP contribution >= 0.6 is 15.9 Å². The number of ether oxygens (including phenoxy) is 1. The van der Waals surface area contributed by atoms with Crippen molar-refractivity contribution in [2.75, 3.05) is 19.8 Å². The molecule has 0 radical (unpaired) electrons. The minimum absolute atomic E-state index is 0.0991. The SMILES string of the molecule is CCn1nc(C)c(Br)c1CC1(CN)CCOC1. The van der Waals surface area contributed by atoms with E-state index in [9.17, 15) is 0 Å². The monoisotopic (exact) mass is 301 g/mol. The second-order valence-corrected chi connectivity index (χ2v) is 5.64. The fourth-order valence-corrected chi connectivity index (χ4v) is 2.84. The first-order valence-corrected chi connectivity index (χ1v) is 6.91. The van der Waals surface area contributed by atoms with E-state index in [0.717, 1.165) is 42.8 Å². The summed E-state index contributed by atoms with van der Waals surface area (Å²) < 4.78 is 8.71. The molecule has 1 aromatic rings. The Kier molecular flexibility index (Phi) is 3.90. The fourth-order valence-electron chi connectivity index (χ4n) is 2.42. The zero-order valence-corrected chi connectivity index (χ0v) is 12.1. The summed E-state index contributed by atoms with van der Waals surface area (Å²) in [6, 6.07) is 0. The topological polar surface area (TPSA) is 53.1 Å². The molecule has 0 aromatic carbocycles. The highest BCUT2D eigenvalue weighted by Crippen LogP contribution is 2.34. The number of aryl methyl sites for hydroxylation is 2. The van der Waals surface area contributed by atoms with Crippen LogP contribution in [0.15, 0.2) is 4.47 Å². The Hall–Kier alpha value is -0.390. The summed E-state index contributed by atoms with van der Waals surface area (Å²) in [4.78, 5) is 0. The van der Waals surface area contributed by atoms with E-state index in [2.05, 4.69) is 32.6 Å². The van der Waals surface area contributed by atoms with Gasteiger partial charge in [0.05, 0.1) is 22.5 Å². The van der Waals surface area contributed by atoms with Crippen LogP contribution in [0.5, 0.6) is 0 Å². The van der Waals surface area contributed by atoms with E-state index in [1.807, 2.05) is 6.92 Å². The molecule has 1 aliphatic rings. The Morgan fingerprint density at radius 2 is 2.35 bits per heavy atom. The highest BCUT2D eigenvalue weighted by Gasteiger charge is 2.35. The summed E-state index contributed by atoms with van der Waals surface area (Å²) in [6.07, 6.45) is 1.99. The molecule has 0 aliphatic carbocycles. The van der Waals surface area contributed by atoms with Gasteiger partial charge in [0.25, 0.3) is 0 Å². The van der Waals surface area contributed by atoms with E-state index < -0.39 is 0 Å². The fraction of sp³-hybridized carbons (Fsp3) is 0.750. The van der Waals surface area contributed by atoms with E-state index >= 15 is 0 Å². The minimum Gasteiger partial charge on any atom is -0.381 e. The third kappa shape index (κ3) is 2.41. The first kappa shape index (κ1) is 13.1. The van der Waals surface area contributed by atoms with Crippen molar-refractivity contribution in [1.82, 2.24) is 9.78 Å². The minimum atomic E-state index is 0.0991. The zero-order chi connectivity index (χ0) is 12.5. The van der Waals surface area contributed by atoms with E-state index in [-0.39, 0.29) is 5.41 Å². The summed E-state index contributed by atoms with van der Waals surface area (Å²) in [5.74, 6) is 0. The van der Waals surface area contributed by atoms with Crippen LogP contribution in [-0.2, 0) is 17.7 Å². The van der Waals surface area contributed by atoms with Crippen LogP contribution < -0.4 is 5.73 Å². The van der Waals surface area contributed by atoms with Gasteiger partial charge in [-0.15, -0.1) is 0 Å². The average molecular weight is 302 g/mol. The van der Waals surface area contributed by atoms with Gasteiger partial charge in [-0.1, -0.05) is 0 Å². The number of rotatable bonds is 4. The zero-order valence-electron chi connectivity index (χ0n) is 10.5. The maximum absolute atomic E-state index is 5.94. The van der Waals surface area contributed by atoms with Crippen molar-refractivity contribution >= 4 is 15.9 Å². The average Bonchev–Trinajstić information content (AvgIpc) is 2.90. The van der Waals surface area contributed by atoms with Crippen LogP contribution in [0, 0.1) is 12.3 Å². The molecule has 96 valence electrons. The largest absolute Gasteiger partial charge is 0.381 e. The molecule has 2 rings (SSSR count). The van der Waals surface area contributed by atoms with Crippen molar-refractivity contribution in [3.05, 3.63) is 15.9 Å². The Morgan fingerprint density at radius 1 is 1.59 bits per heavy atom. The molecule has 5 heteroatoms. The summed E-state index contributed by atoms with van der Waals surface area (Å²) in [5.41, 5.74) is 8.34. The molecule has 1 atom stereocenters. The van der Waals surface area contributed by atoms with Crippen molar-refractivity contribution < 1.29 is 4.74 Å². The molecule has 0 saturated carbocycles. The number of hydrogen-bond donors (Lipinski definition) is 1. The molecule has 1 saturated heterocycles. The molecular weight excluding hydrogens is 282 g/mol. The molecule has 2 N–H and O–H groups in total. The Labute approximate surface area is 111 Å². The number of aromatic nitrogens is 2. The van der Waals surface area contributed by atoms with Crippen molar-refractivity contribution in [2.24, 2.45) is 11.1 Å². The highest BCUT2D eigenvalue weighted by atomic mass is 79.9. The van der Waals surface area contributed by atoms with Gasteiger partial charge in [0, 0.05) is 25.1 Å². The molecule has 4 nitrogen and oxygen atoms in total. The molecule has 1 aliphatic heterocycles. The van der Waals surface area contributed by atoms with Gasteiger partial charge >= 0.3 is 0 Å². The first-order chi connectivity index (χ1) is 8.12. The molecule has 0 bridgehead atoms. The van der Waals surface area contributed by atoms with E-state index in [1.165, 1.54) is 5.69 Å². The van der Waals surface area contributed by atoms with Gasteiger partial charge in [0.2, 0.25) is 0 Å². The van der Waals surface area contributed by atoms with Crippen molar-refractivity contribution in [2.45, 2.75) is 33.2 Å². The summed E-state index contributed by atoms with van der Waals surface area (Å²) >= 11 is 3.64. The van der Waals surface area contributed by atoms with Crippen molar-refractivity contribution in [1.29, 1.82) is 0 Å². The van der Waals surface area contributed by atoms with E-state index in [0.29, 0.717) is 6.54 Å². The third-order valence-electron chi connectivity index (χ3n) is 3.61. The quantitative estimate of drug-likeness (QED) is 0.924. The maximum Gasteiger partial charge on any atom is 0.0738 e. The van der Waals surface area contributed by atoms with Crippen molar-refractivity contribution in [3.63, 3.8) is 0 Å². The third-order valence-corrected chi connectivity index (χ3v) is 4.64. The molecular formula is C12H20BrN3O. The van der Waals surface area contributed by atoms with E-state index in [4.69, 9.17) is 10.5 Å². The Morgan fingerprint density at radius 3 is 2.88 bits per heavy atom. The number of nitrogens with zero attached hydrogens (tertiary/aromatic N) is 2. The van der Waals surface area contributed by atoms with E-state index in [1.54, 1.807) is 0 Å². The second kappa shape index (κ2) is 5.08. The standard InChI is InChI=1S/C12H20BrN3O/c1-3-16-10(11(13)9(2)15-16)6-12(7-14)4-5-17-8-12/h3-8,14H2,1-2H3. The maximum atomic E-state index is 5.94. The van der Waals surface area contributed by atoms with Crippen LogP contribution in [0.25, 0.3) is 0 Å². The van der Waals surface area contributed by atoms with Gasteiger partial charge in [-0.2, -0.15) is 5.10 Å². The molecule has 17 heavy (non-hydrogen) atoms. The summed E-state index contributed by atoms with van der Waals surface area (Å²) in [5, 5.41) is 4.52. The Balaban J connectivity index is 2.28. The summed E-state index contributed by atoms with van der Waals surface area (Å²) in [7, 11) is 0. The van der Waals surface area contributed by atoms with Gasteiger partial charge in [-0.25, -0.2) is 0 Å². The normalized spacial score (nSPS) is 24.5. The van der Waals surface area contributed by atoms with Crippen LogP contribution in [-0.4, -0.2) is 29.5 Å². The van der Waals surface area contributed by atoms with Crippen molar-refractivity contribution in [3.8, 4) is 0 Å². The lowest BCUT2D eigenvalue weighted by Gasteiger charge is -2.25. The lowest BCUT2D eigenvalue weighted by atomic mass is 9.82. The lowest BCUT2D eigenvalue weighted by molar-refractivity contribution is 0.153. The van der Waals surface area contributed by atoms with Crippen LogP contribution in [0.1, 0.15) is 24.7 Å². The molecule has 2 heterocycles. The number of nitrogens with two attached hydrogens (primary N) is 1. The van der Waals surface area contributed by atoms with Gasteiger partial charge in [0.15, 0.2) is 0 Å². The molecule has 1 unspecified atom stereocenters. The lowest BCUT2D eigenvalue weighted by Crippen LogP contribution is -2.34.